The van der Waals surface area contributed by atoms with Crippen molar-refractivity contribution in [1.82, 2.24) is 4.98 Å². The molecular weight excluding hydrogens is 240 g/mol. The third-order valence-corrected chi connectivity index (χ3v) is 4.08. The van der Waals surface area contributed by atoms with Gasteiger partial charge in [0.05, 0.1) is 11.3 Å². The number of nitrogens with zero attached hydrogens (tertiary/aromatic N) is 2. The van der Waals surface area contributed by atoms with E-state index in [-0.39, 0.29) is 5.56 Å². The molecule has 1 fully saturated rings. The van der Waals surface area contributed by atoms with Crippen LogP contribution in [0.3, 0.4) is 0 Å². The topological polar surface area (TPSA) is 70.5 Å². The number of carboxylic acids is 1. The minimum absolute atomic E-state index is 0.231. The van der Waals surface area contributed by atoms with Crippen LogP contribution in [-0.2, 0) is 10.8 Å². The van der Waals surface area contributed by atoms with E-state index < -0.39 is 16.8 Å². The van der Waals surface area contributed by atoms with Crippen molar-refractivity contribution in [3.8, 4) is 0 Å². The molecular formula is C11H14N2O3S. The van der Waals surface area contributed by atoms with E-state index in [4.69, 9.17) is 5.11 Å². The molecule has 17 heavy (non-hydrogen) atoms. The van der Waals surface area contributed by atoms with E-state index in [1.54, 1.807) is 19.1 Å². The molecule has 0 amide bonds. The number of anilines is 1. The highest BCUT2D eigenvalue weighted by Gasteiger charge is 2.17. The Morgan fingerprint density at radius 3 is 2.59 bits per heavy atom. The van der Waals surface area contributed by atoms with Crippen LogP contribution < -0.4 is 4.90 Å². The molecule has 0 bridgehead atoms. The van der Waals surface area contributed by atoms with Gasteiger partial charge >= 0.3 is 5.97 Å². The Labute approximate surface area is 102 Å². The van der Waals surface area contributed by atoms with Gasteiger partial charge in [-0.15, -0.1) is 0 Å². The van der Waals surface area contributed by atoms with E-state index in [1.165, 1.54) is 0 Å². The van der Waals surface area contributed by atoms with Gasteiger partial charge in [0.15, 0.2) is 0 Å². The van der Waals surface area contributed by atoms with Gasteiger partial charge in [-0.05, 0) is 19.1 Å². The van der Waals surface area contributed by atoms with Crippen LogP contribution in [0.2, 0.25) is 0 Å². The van der Waals surface area contributed by atoms with Crippen molar-refractivity contribution in [2.75, 3.05) is 29.5 Å². The average molecular weight is 254 g/mol. The van der Waals surface area contributed by atoms with Gasteiger partial charge in [-0.2, -0.15) is 0 Å². The molecule has 5 nitrogen and oxygen atoms in total. The maximum Gasteiger partial charge on any atom is 0.337 e. The highest BCUT2D eigenvalue weighted by molar-refractivity contribution is 7.85. The molecule has 1 N–H and O–H groups in total. The number of rotatable bonds is 2. The molecule has 1 aliphatic rings. The van der Waals surface area contributed by atoms with Gasteiger partial charge in [-0.25, -0.2) is 9.78 Å². The van der Waals surface area contributed by atoms with Gasteiger partial charge in [0.25, 0.3) is 0 Å². The van der Waals surface area contributed by atoms with Crippen LogP contribution in [-0.4, -0.2) is 44.9 Å². The second kappa shape index (κ2) is 4.83. The number of hydrogen-bond acceptors (Lipinski definition) is 4. The molecule has 1 aromatic rings. The summed E-state index contributed by atoms with van der Waals surface area (Å²) in [6.07, 6.45) is 0. The lowest BCUT2D eigenvalue weighted by Gasteiger charge is -2.27. The van der Waals surface area contributed by atoms with Crippen molar-refractivity contribution < 1.29 is 14.1 Å². The van der Waals surface area contributed by atoms with E-state index in [1.807, 2.05) is 4.90 Å². The first-order chi connectivity index (χ1) is 8.08. The maximum atomic E-state index is 11.2. The number of pyridine rings is 1. The Morgan fingerprint density at radius 2 is 2.06 bits per heavy atom. The molecule has 2 rings (SSSR count). The van der Waals surface area contributed by atoms with Crippen molar-refractivity contribution in [3.05, 3.63) is 23.4 Å². The molecule has 0 spiro atoms. The summed E-state index contributed by atoms with van der Waals surface area (Å²) in [6.45, 7) is 3.12. The van der Waals surface area contributed by atoms with Crippen LogP contribution in [0.15, 0.2) is 12.1 Å². The number of hydrogen-bond donors (Lipinski definition) is 1. The predicted octanol–water partition coefficient (Wildman–Crippen LogP) is 0.657. The van der Waals surface area contributed by atoms with Crippen LogP contribution in [0.25, 0.3) is 0 Å². The molecule has 0 saturated carbocycles. The maximum absolute atomic E-state index is 11.2. The van der Waals surface area contributed by atoms with E-state index in [2.05, 4.69) is 4.98 Å². The molecule has 0 unspecified atom stereocenters. The highest BCUT2D eigenvalue weighted by atomic mass is 32.2. The summed E-state index contributed by atoms with van der Waals surface area (Å²) in [5, 5.41) is 8.91. The quantitative estimate of drug-likeness (QED) is 0.839. The first-order valence-electron chi connectivity index (χ1n) is 5.39. The molecule has 1 saturated heterocycles. The number of aromatic nitrogens is 1. The van der Waals surface area contributed by atoms with Gasteiger partial charge in [0.2, 0.25) is 0 Å². The second-order valence-electron chi connectivity index (χ2n) is 3.94. The Balaban J connectivity index is 2.20. The summed E-state index contributed by atoms with van der Waals surface area (Å²) in [5.74, 6) is 1.12. The summed E-state index contributed by atoms with van der Waals surface area (Å²) in [6, 6.07) is 3.29. The SMILES string of the molecule is Cc1nc(N2CCS(=O)CC2)ccc1C(=O)O. The van der Waals surface area contributed by atoms with E-state index in [0.29, 0.717) is 30.3 Å². The first kappa shape index (κ1) is 12.0. The van der Waals surface area contributed by atoms with Gasteiger partial charge < -0.3 is 10.0 Å². The van der Waals surface area contributed by atoms with E-state index >= 15 is 0 Å². The number of aryl methyl sites for hydroxylation is 1. The molecule has 0 radical (unpaired) electrons. The number of aromatic carboxylic acids is 1. The third kappa shape index (κ3) is 2.63. The van der Waals surface area contributed by atoms with Crippen LogP contribution >= 0.6 is 0 Å². The molecule has 0 aromatic carbocycles. The van der Waals surface area contributed by atoms with Crippen molar-refractivity contribution >= 4 is 22.6 Å². The summed E-state index contributed by atoms with van der Waals surface area (Å²) in [5.41, 5.74) is 0.746. The second-order valence-corrected chi connectivity index (χ2v) is 5.64. The third-order valence-electron chi connectivity index (χ3n) is 2.80. The van der Waals surface area contributed by atoms with Crippen molar-refractivity contribution in [3.63, 3.8) is 0 Å². The first-order valence-corrected chi connectivity index (χ1v) is 6.87. The van der Waals surface area contributed by atoms with Crippen molar-refractivity contribution in [1.29, 1.82) is 0 Å². The summed E-state index contributed by atoms with van der Waals surface area (Å²) < 4.78 is 11.2. The minimum Gasteiger partial charge on any atom is -0.478 e. The zero-order valence-electron chi connectivity index (χ0n) is 9.55. The van der Waals surface area contributed by atoms with E-state index in [9.17, 15) is 9.00 Å². The number of carbonyl (C=O) groups is 1. The Bertz CT molecular complexity index is 466. The van der Waals surface area contributed by atoms with Gasteiger partial charge in [0, 0.05) is 35.4 Å². The van der Waals surface area contributed by atoms with Gasteiger partial charge in [0.1, 0.15) is 5.82 Å². The van der Waals surface area contributed by atoms with Crippen LogP contribution in [0.4, 0.5) is 5.82 Å². The van der Waals surface area contributed by atoms with E-state index in [0.717, 1.165) is 5.82 Å². The predicted molar refractivity (Wildman–Crippen MR) is 66.0 cm³/mol. The fourth-order valence-electron chi connectivity index (χ4n) is 1.82. The molecule has 0 aliphatic carbocycles. The lowest BCUT2D eigenvalue weighted by Crippen LogP contribution is -2.38. The zero-order valence-corrected chi connectivity index (χ0v) is 10.4. The molecule has 1 aromatic heterocycles. The Hall–Kier alpha value is -1.43. The summed E-state index contributed by atoms with van der Waals surface area (Å²) in [7, 11) is -0.715. The summed E-state index contributed by atoms with van der Waals surface area (Å²) in [4.78, 5) is 17.2. The lowest BCUT2D eigenvalue weighted by molar-refractivity contribution is 0.0695. The minimum atomic E-state index is -0.957. The monoisotopic (exact) mass is 254 g/mol. The Kier molecular flexibility index (Phi) is 3.42. The van der Waals surface area contributed by atoms with Crippen LogP contribution in [0.1, 0.15) is 16.1 Å². The number of carboxylic acid groups (broad SMARTS) is 1. The van der Waals surface area contributed by atoms with Gasteiger partial charge in [-0.3, -0.25) is 4.21 Å². The fourth-order valence-corrected chi connectivity index (χ4v) is 2.87. The molecule has 1 aliphatic heterocycles. The normalized spacial score (nSPS) is 17.1. The van der Waals surface area contributed by atoms with Crippen LogP contribution in [0, 0.1) is 6.92 Å². The summed E-state index contributed by atoms with van der Waals surface area (Å²) >= 11 is 0. The Morgan fingerprint density at radius 1 is 1.41 bits per heavy atom. The van der Waals surface area contributed by atoms with Gasteiger partial charge in [-0.1, -0.05) is 0 Å². The average Bonchev–Trinajstić information content (AvgIpc) is 2.29. The molecule has 0 atom stereocenters. The smallest absolute Gasteiger partial charge is 0.337 e. The lowest BCUT2D eigenvalue weighted by atomic mass is 10.2. The molecule has 92 valence electrons. The van der Waals surface area contributed by atoms with Crippen molar-refractivity contribution in [2.24, 2.45) is 0 Å². The highest BCUT2D eigenvalue weighted by Crippen LogP contribution is 2.16. The zero-order chi connectivity index (χ0) is 12.4. The van der Waals surface area contributed by atoms with Crippen molar-refractivity contribution in [2.45, 2.75) is 6.92 Å². The standard InChI is InChI=1S/C11H14N2O3S/c1-8-9(11(14)15)2-3-10(12-8)13-4-6-17(16)7-5-13/h2-3H,4-7H2,1H3,(H,14,15). The fraction of sp³-hybridized carbons (Fsp3) is 0.455. The largest absolute Gasteiger partial charge is 0.478 e. The molecule has 2 heterocycles. The van der Waals surface area contributed by atoms with Crippen LogP contribution in [0.5, 0.6) is 0 Å². The molecule has 6 heteroatoms.